The van der Waals surface area contributed by atoms with E-state index in [1.807, 2.05) is 91.2 Å². The number of hydrogen-bond acceptors (Lipinski definition) is 3. The summed E-state index contributed by atoms with van der Waals surface area (Å²) >= 11 is 0. The standard InChI is InChI=1S/C25H23N3O2/c1-17-9-8-12-20(15-17)25(30)26-18(2)24-27-21-13-6-7-14-22(21)28(24)16-23(29)19-10-4-3-5-11-19/h3-15,18H,16H2,1-2H3,(H,26,30)/t18-/m1/s1. The second kappa shape index (κ2) is 8.33. The second-order valence-corrected chi connectivity index (χ2v) is 7.40. The number of amides is 1. The van der Waals surface area contributed by atoms with Crippen molar-refractivity contribution in [1.82, 2.24) is 14.9 Å². The van der Waals surface area contributed by atoms with Gasteiger partial charge in [-0.3, -0.25) is 9.59 Å². The number of aromatic nitrogens is 2. The summed E-state index contributed by atoms with van der Waals surface area (Å²) in [5.74, 6) is 0.484. The van der Waals surface area contributed by atoms with Crippen molar-refractivity contribution in [3.63, 3.8) is 0 Å². The predicted octanol–water partition coefficient (Wildman–Crippen LogP) is 4.72. The second-order valence-electron chi connectivity index (χ2n) is 7.40. The van der Waals surface area contributed by atoms with Gasteiger partial charge >= 0.3 is 0 Å². The van der Waals surface area contributed by atoms with E-state index in [-0.39, 0.29) is 24.3 Å². The zero-order chi connectivity index (χ0) is 21.1. The SMILES string of the molecule is Cc1cccc(C(=O)N[C@H](C)c2nc3ccccc3n2CC(=O)c2ccccc2)c1. The molecule has 0 aliphatic carbocycles. The third kappa shape index (κ3) is 4.01. The van der Waals surface area contributed by atoms with Crippen LogP contribution in [-0.4, -0.2) is 21.2 Å². The van der Waals surface area contributed by atoms with Crippen molar-refractivity contribution < 1.29 is 9.59 Å². The van der Waals surface area contributed by atoms with Crippen LogP contribution in [0.15, 0.2) is 78.9 Å². The summed E-state index contributed by atoms with van der Waals surface area (Å²) in [4.78, 5) is 30.3. The molecular formula is C25H23N3O2. The van der Waals surface area contributed by atoms with Crippen LogP contribution in [0.5, 0.6) is 0 Å². The number of nitrogens with one attached hydrogen (secondary N) is 1. The van der Waals surface area contributed by atoms with Crippen LogP contribution in [0.1, 0.15) is 45.1 Å². The number of para-hydroxylation sites is 2. The Morgan fingerprint density at radius 1 is 0.933 bits per heavy atom. The van der Waals surface area contributed by atoms with Crippen molar-refractivity contribution in [2.24, 2.45) is 0 Å². The maximum absolute atomic E-state index is 12.9. The van der Waals surface area contributed by atoms with Crippen LogP contribution < -0.4 is 5.32 Å². The van der Waals surface area contributed by atoms with Crippen LogP contribution in [0.2, 0.25) is 0 Å². The molecule has 0 bridgehead atoms. The molecule has 0 aliphatic heterocycles. The summed E-state index contributed by atoms with van der Waals surface area (Å²) in [6.07, 6.45) is 0. The highest BCUT2D eigenvalue weighted by molar-refractivity contribution is 5.97. The van der Waals surface area contributed by atoms with E-state index in [2.05, 4.69) is 5.32 Å². The van der Waals surface area contributed by atoms with E-state index in [0.29, 0.717) is 17.0 Å². The number of carbonyl (C=O) groups excluding carboxylic acids is 2. The lowest BCUT2D eigenvalue weighted by atomic mass is 10.1. The Balaban J connectivity index is 1.65. The number of imidazole rings is 1. The third-order valence-corrected chi connectivity index (χ3v) is 5.10. The number of carbonyl (C=O) groups is 2. The van der Waals surface area contributed by atoms with Gasteiger partial charge in [0.2, 0.25) is 0 Å². The average molecular weight is 397 g/mol. The number of fused-ring (bicyclic) bond motifs is 1. The van der Waals surface area contributed by atoms with E-state index >= 15 is 0 Å². The lowest BCUT2D eigenvalue weighted by Gasteiger charge is -2.16. The molecule has 1 atom stereocenters. The smallest absolute Gasteiger partial charge is 0.251 e. The molecule has 0 spiro atoms. The fourth-order valence-electron chi connectivity index (χ4n) is 3.58. The Morgan fingerprint density at radius 3 is 2.40 bits per heavy atom. The zero-order valence-corrected chi connectivity index (χ0v) is 17.0. The van der Waals surface area contributed by atoms with Gasteiger partial charge in [-0.2, -0.15) is 0 Å². The van der Waals surface area contributed by atoms with Gasteiger partial charge < -0.3 is 9.88 Å². The molecule has 5 nitrogen and oxygen atoms in total. The summed E-state index contributed by atoms with van der Waals surface area (Å²) in [5.41, 5.74) is 3.94. The Hall–Kier alpha value is -3.73. The van der Waals surface area contributed by atoms with Crippen LogP contribution in [0.25, 0.3) is 11.0 Å². The highest BCUT2D eigenvalue weighted by atomic mass is 16.1. The molecule has 150 valence electrons. The molecule has 0 saturated carbocycles. The van der Waals surface area contributed by atoms with Gasteiger partial charge in [0.25, 0.3) is 5.91 Å². The van der Waals surface area contributed by atoms with Gasteiger partial charge in [0.1, 0.15) is 5.82 Å². The minimum absolute atomic E-state index is 0.00258. The van der Waals surface area contributed by atoms with Crippen molar-refractivity contribution in [2.75, 3.05) is 0 Å². The number of aryl methyl sites for hydroxylation is 1. The van der Waals surface area contributed by atoms with Crippen molar-refractivity contribution >= 4 is 22.7 Å². The van der Waals surface area contributed by atoms with E-state index in [0.717, 1.165) is 16.6 Å². The van der Waals surface area contributed by atoms with E-state index in [1.165, 1.54) is 0 Å². The summed E-state index contributed by atoms with van der Waals surface area (Å²) in [5, 5.41) is 3.02. The minimum Gasteiger partial charge on any atom is -0.342 e. The maximum Gasteiger partial charge on any atom is 0.251 e. The van der Waals surface area contributed by atoms with Gasteiger partial charge in [-0.25, -0.2) is 4.98 Å². The van der Waals surface area contributed by atoms with E-state index < -0.39 is 0 Å². The molecule has 1 aromatic heterocycles. The van der Waals surface area contributed by atoms with Gasteiger partial charge in [-0.1, -0.05) is 60.2 Å². The zero-order valence-electron chi connectivity index (χ0n) is 17.0. The number of nitrogens with zero attached hydrogens (tertiary/aromatic N) is 2. The molecule has 4 rings (SSSR count). The molecule has 1 heterocycles. The molecule has 3 aromatic carbocycles. The molecule has 0 fully saturated rings. The van der Waals surface area contributed by atoms with E-state index in [4.69, 9.17) is 4.98 Å². The van der Waals surface area contributed by atoms with Crippen molar-refractivity contribution in [3.8, 4) is 0 Å². The third-order valence-electron chi connectivity index (χ3n) is 5.10. The quantitative estimate of drug-likeness (QED) is 0.479. The van der Waals surface area contributed by atoms with Gasteiger partial charge in [0.05, 0.1) is 23.6 Å². The van der Waals surface area contributed by atoms with E-state index in [1.54, 1.807) is 6.07 Å². The monoisotopic (exact) mass is 397 g/mol. The maximum atomic E-state index is 12.9. The highest BCUT2D eigenvalue weighted by Gasteiger charge is 2.21. The lowest BCUT2D eigenvalue weighted by molar-refractivity contribution is 0.0937. The van der Waals surface area contributed by atoms with Crippen LogP contribution in [0.4, 0.5) is 0 Å². The highest BCUT2D eigenvalue weighted by Crippen LogP contribution is 2.22. The van der Waals surface area contributed by atoms with Crippen LogP contribution in [0.3, 0.4) is 0 Å². The number of benzene rings is 3. The first-order valence-electron chi connectivity index (χ1n) is 9.94. The largest absolute Gasteiger partial charge is 0.342 e. The van der Waals surface area contributed by atoms with Crippen LogP contribution in [0, 0.1) is 6.92 Å². The molecule has 1 amide bonds. The molecule has 0 unspecified atom stereocenters. The number of Topliss-reactive ketones (excluding diaryl/α,β-unsaturated/α-hetero) is 1. The summed E-state index contributed by atoms with van der Waals surface area (Å²) in [7, 11) is 0. The summed E-state index contributed by atoms with van der Waals surface area (Å²) in [6, 6.07) is 24.0. The van der Waals surface area contributed by atoms with Crippen LogP contribution >= 0.6 is 0 Å². The fourth-order valence-corrected chi connectivity index (χ4v) is 3.58. The van der Waals surface area contributed by atoms with Gasteiger partial charge in [0.15, 0.2) is 5.78 Å². The van der Waals surface area contributed by atoms with Crippen molar-refractivity contribution in [2.45, 2.75) is 26.4 Å². The fraction of sp³-hybridized carbons (Fsp3) is 0.160. The first kappa shape index (κ1) is 19.6. The number of ketones is 1. The summed E-state index contributed by atoms with van der Waals surface area (Å²) < 4.78 is 1.89. The number of hydrogen-bond donors (Lipinski definition) is 1. The topological polar surface area (TPSA) is 64.0 Å². The lowest BCUT2D eigenvalue weighted by Crippen LogP contribution is -2.29. The van der Waals surface area contributed by atoms with Crippen molar-refractivity contribution in [1.29, 1.82) is 0 Å². The molecular weight excluding hydrogens is 374 g/mol. The van der Waals surface area contributed by atoms with Crippen molar-refractivity contribution in [3.05, 3.63) is 101 Å². The molecule has 4 aromatic rings. The van der Waals surface area contributed by atoms with Gasteiger partial charge in [-0.15, -0.1) is 0 Å². The first-order chi connectivity index (χ1) is 14.5. The first-order valence-corrected chi connectivity index (χ1v) is 9.94. The molecule has 0 saturated heterocycles. The molecule has 0 aliphatic rings. The molecule has 30 heavy (non-hydrogen) atoms. The van der Waals surface area contributed by atoms with E-state index in [9.17, 15) is 9.59 Å². The summed E-state index contributed by atoms with van der Waals surface area (Å²) in [6.45, 7) is 4.00. The molecule has 1 N–H and O–H groups in total. The molecule has 0 radical (unpaired) electrons. The Labute approximate surface area is 175 Å². The molecule has 5 heteroatoms. The minimum atomic E-state index is -0.367. The average Bonchev–Trinajstić information content (AvgIpc) is 3.13. The Kier molecular flexibility index (Phi) is 5.44. The Morgan fingerprint density at radius 2 is 1.63 bits per heavy atom. The van der Waals surface area contributed by atoms with Crippen LogP contribution in [-0.2, 0) is 6.54 Å². The van der Waals surface area contributed by atoms with Gasteiger partial charge in [0, 0.05) is 11.1 Å². The normalized spacial score (nSPS) is 11.9. The predicted molar refractivity (Wildman–Crippen MR) is 118 cm³/mol. The van der Waals surface area contributed by atoms with Gasteiger partial charge in [-0.05, 0) is 38.1 Å². The Bertz CT molecular complexity index is 1210. The number of rotatable bonds is 6.